The lowest BCUT2D eigenvalue weighted by molar-refractivity contribution is 0.0403. The standard InChI is InChI=1S/C8H18N2O3S/c1-13-8-3-4-10(14(2,11)12)7(5-8)6-9/h7-8H,3-6,9H2,1-2H3. The molecule has 1 saturated heterocycles. The van der Waals surface area contributed by atoms with Gasteiger partial charge in [-0.2, -0.15) is 4.31 Å². The van der Waals surface area contributed by atoms with E-state index >= 15 is 0 Å². The Morgan fingerprint density at radius 2 is 2.21 bits per heavy atom. The Morgan fingerprint density at radius 3 is 2.64 bits per heavy atom. The smallest absolute Gasteiger partial charge is 0.211 e. The molecule has 1 heterocycles. The van der Waals surface area contributed by atoms with Gasteiger partial charge < -0.3 is 10.5 Å². The molecule has 84 valence electrons. The Morgan fingerprint density at radius 1 is 1.57 bits per heavy atom. The Bertz CT molecular complexity index is 278. The highest BCUT2D eigenvalue weighted by molar-refractivity contribution is 7.88. The summed E-state index contributed by atoms with van der Waals surface area (Å²) in [6.07, 6.45) is 2.81. The van der Waals surface area contributed by atoms with Gasteiger partial charge in [0.05, 0.1) is 12.4 Å². The van der Waals surface area contributed by atoms with Crippen LogP contribution in [-0.2, 0) is 14.8 Å². The first-order valence-electron chi connectivity index (χ1n) is 4.68. The van der Waals surface area contributed by atoms with Gasteiger partial charge in [0, 0.05) is 26.2 Å². The second-order valence-corrected chi connectivity index (χ2v) is 5.58. The number of sulfonamides is 1. The summed E-state index contributed by atoms with van der Waals surface area (Å²) in [5, 5.41) is 0. The molecule has 5 nitrogen and oxygen atoms in total. The zero-order valence-corrected chi connectivity index (χ0v) is 9.46. The summed E-state index contributed by atoms with van der Waals surface area (Å²) in [5.74, 6) is 0. The number of hydrogen-bond donors (Lipinski definition) is 1. The van der Waals surface area contributed by atoms with Crippen LogP contribution in [0.4, 0.5) is 0 Å². The van der Waals surface area contributed by atoms with Gasteiger partial charge in [0.15, 0.2) is 0 Å². The van der Waals surface area contributed by atoms with Crippen LogP contribution in [0.15, 0.2) is 0 Å². The molecule has 0 radical (unpaired) electrons. The van der Waals surface area contributed by atoms with Crippen LogP contribution in [0.3, 0.4) is 0 Å². The molecule has 0 bridgehead atoms. The fraction of sp³-hybridized carbons (Fsp3) is 1.00. The third-order valence-electron chi connectivity index (χ3n) is 2.65. The summed E-state index contributed by atoms with van der Waals surface area (Å²) in [7, 11) is -1.47. The lowest BCUT2D eigenvalue weighted by Crippen LogP contribution is -2.50. The van der Waals surface area contributed by atoms with Crippen molar-refractivity contribution in [2.75, 3.05) is 26.5 Å². The highest BCUT2D eigenvalue weighted by atomic mass is 32.2. The summed E-state index contributed by atoms with van der Waals surface area (Å²) < 4.78 is 29.4. The molecule has 0 aliphatic carbocycles. The van der Waals surface area contributed by atoms with Crippen molar-refractivity contribution in [3.8, 4) is 0 Å². The number of rotatable bonds is 3. The number of nitrogens with zero attached hydrogens (tertiary/aromatic N) is 1. The molecule has 0 aromatic rings. The molecule has 1 fully saturated rings. The van der Waals surface area contributed by atoms with Gasteiger partial charge in [-0.25, -0.2) is 8.42 Å². The molecule has 14 heavy (non-hydrogen) atoms. The summed E-state index contributed by atoms with van der Waals surface area (Å²) in [6, 6.07) is -0.108. The maximum absolute atomic E-state index is 11.4. The molecule has 2 unspecified atom stereocenters. The van der Waals surface area contributed by atoms with Crippen LogP contribution in [0.25, 0.3) is 0 Å². The Kier molecular flexibility index (Phi) is 3.88. The predicted octanol–water partition coefficient (Wildman–Crippen LogP) is -0.616. The minimum absolute atomic E-state index is 0.108. The number of hydrogen-bond acceptors (Lipinski definition) is 4. The van der Waals surface area contributed by atoms with Crippen molar-refractivity contribution in [1.82, 2.24) is 4.31 Å². The summed E-state index contributed by atoms with van der Waals surface area (Å²) >= 11 is 0. The lowest BCUT2D eigenvalue weighted by atomic mass is 10.0. The summed E-state index contributed by atoms with van der Waals surface area (Å²) in [5.41, 5.74) is 5.55. The van der Waals surface area contributed by atoms with Crippen molar-refractivity contribution in [2.45, 2.75) is 25.0 Å². The van der Waals surface area contributed by atoms with Crippen LogP contribution in [0.5, 0.6) is 0 Å². The van der Waals surface area contributed by atoms with E-state index in [4.69, 9.17) is 10.5 Å². The lowest BCUT2D eigenvalue weighted by Gasteiger charge is -2.36. The molecule has 0 saturated carbocycles. The van der Waals surface area contributed by atoms with Crippen molar-refractivity contribution in [2.24, 2.45) is 5.73 Å². The van der Waals surface area contributed by atoms with Crippen LogP contribution in [0.2, 0.25) is 0 Å². The van der Waals surface area contributed by atoms with Gasteiger partial charge in [-0.3, -0.25) is 0 Å². The van der Waals surface area contributed by atoms with E-state index in [0.717, 1.165) is 6.42 Å². The third kappa shape index (κ3) is 2.66. The average molecular weight is 222 g/mol. The van der Waals surface area contributed by atoms with Crippen LogP contribution >= 0.6 is 0 Å². The van der Waals surface area contributed by atoms with E-state index in [2.05, 4.69) is 0 Å². The number of piperidine rings is 1. The highest BCUT2D eigenvalue weighted by Gasteiger charge is 2.32. The normalized spacial score (nSPS) is 30.5. The number of methoxy groups -OCH3 is 1. The van der Waals surface area contributed by atoms with Gasteiger partial charge in [-0.15, -0.1) is 0 Å². The second-order valence-electron chi connectivity index (χ2n) is 3.65. The van der Waals surface area contributed by atoms with Gasteiger partial charge in [-0.1, -0.05) is 0 Å². The molecule has 2 N–H and O–H groups in total. The fourth-order valence-corrected chi connectivity index (χ4v) is 3.01. The quantitative estimate of drug-likeness (QED) is 0.691. The molecule has 1 aliphatic heterocycles. The third-order valence-corrected chi connectivity index (χ3v) is 3.98. The first kappa shape index (κ1) is 11.9. The maximum atomic E-state index is 11.4. The predicted molar refractivity (Wildman–Crippen MR) is 54.4 cm³/mol. The molecule has 0 aromatic heterocycles. The van der Waals surface area contributed by atoms with E-state index in [1.165, 1.54) is 10.6 Å². The number of ether oxygens (including phenoxy) is 1. The Balaban J connectivity index is 2.71. The molecule has 6 heteroatoms. The van der Waals surface area contributed by atoms with Gasteiger partial charge >= 0.3 is 0 Å². The first-order valence-corrected chi connectivity index (χ1v) is 6.53. The van der Waals surface area contributed by atoms with Crippen LogP contribution in [0.1, 0.15) is 12.8 Å². The van der Waals surface area contributed by atoms with Crippen molar-refractivity contribution < 1.29 is 13.2 Å². The van der Waals surface area contributed by atoms with E-state index in [9.17, 15) is 8.42 Å². The topological polar surface area (TPSA) is 72.6 Å². The van der Waals surface area contributed by atoms with Gasteiger partial charge in [-0.05, 0) is 12.8 Å². The zero-order chi connectivity index (χ0) is 10.8. The minimum Gasteiger partial charge on any atom is -0.381 e. The van der Waals surface area contributed by atoms with E-state index in [-0.39, 0.29) is 12.1 Å². The van der Waals surface area contributed by atoms with Crippen LogP contribution < -0.4 is 5.73 Å². The molecule has 2 atom stereocenters. The van der Waals surface area contributed by atoms with Gasteiger partial charge in [0.2, 0.25) is 10.0 Å². The van der Waals surface area contributed by atoms with Crippen molar-refractivity contribution in [1.29, 1.82) is 0 Å². The first-order chi connectivity index (χ1) is 6.49. The molecular weight excluding hydrogens is 204 g/mol. The number of nitrogens with two attached hydrogens (primary N) is 1. The van der Waals surface area contributed by atoms with E-state index in [1.807, 2.05) is 0 Å². The van der Waals surface area contributed by atoms with Crippen molar-refractivity contribution >= 4 is 10.0 Å². The SMILES string of the molecule is COC1CCN(S(C)(=O)=O)C(CN)C1. The van der Waals surface area contributed by atoms with Crippen molar-refractivity contribution in [3.05, 3.63) is 0 Å². The van der Waals surface area contributed by atoms with E-state index < -0.39 is 10.0 Å². The molecule has 1 aliphatic rings. The minimum atomic E-state index is -3.12. The van der Waals surface area contributed by atoms with Gasteiger partial charge in [0.1, 0.15) is 0 Å². The molecule has 0 amide bonds. The largest absolute Gasteiger partial charge is 0.381 e. The molecule has 0 aromatic carbocycles. The molecule has 1 rings (SSSR count). The molecule has 0 spiro atoms. The maximum Gasteiger partial charge on any atom is 0.211 e. The summed E-state index contributed by atoms with van der Waals surface area (Å²) in [4.78, 5) is 0. The molecular formula is C8H18N2O3S. The fourth-order valence-electron chi connectivity index (χ4n) is 1.86. The van der Waals surface area contributed by atoms with Crippen LogP contribution in [0, 0.1) is 0 Å². The zero-order valence-electron chi connectivity index (χ0n) is 8.64. The van der Waals surface area contributed by atoms with Crippen molar-refractivity contribution in [3.63, 3.8) is 0 Å². The van der Waals surface area contributed by atoms with E-state index in [1.54, 1.807) is 7.11 Å². The van der Waals surface area contributed by atoms with Gasteiger partial charge in [0.25, 0.3) is 0 Å². The van der Waals surface area contributed by atoms with Crippen LogP contribution in [-0.4, -0.2) is 51.3 Å². The Hall–Kier alpha value is -0.170. The summed E-state index contributed by atoms with van der Waals surface area (Å²) in [6.45, 7) is 0.867. The monoisotopic (exact) mass is 222 g/mol. The second kappa shape index (κ2) is 4.57. The highest BCUT2D eigenvalue weighted by Crippen LogP contribution is 2.21. The van der Waals surface area contributed by atoms with E-state index in [0.29, 0.717) is 19.5 Å². The Labute approximate surface area is 85.3 Å². The average Bonchev–Trinajstić information content (AvgIpc) is 2.15.